The highest BCUT2D eigenvalue weighted by molar-refractivity contribution is 9.10. The second-order valence-electron chi connectivity index (χ2n) is 6.76. The van der Waals surface area contributed by atoms with Crippen LogP contribution in [0.15, 0.2) is 53.0 Å². The normalized spacial score (nSPS) is 11.2. The standard InChI is InChI=1S/C20H24BrNO2/c1-20(2,3)15-11-12-18(17(21)14-15)24-13-7-10-19(23)22-16-8-5-4-6-9-16/h4-6,8-9,11-12,14H,7,10,13H2,1-3H3,(H,22,23). The van der Waals surface area contributed by atoms with Crippen molar-refractivity contribution in [3.8, 4) is 5.75 Å². The van der Waals surface area contributed by atoms with Crippen molar-refractivity contribution in [1.29, 1.82) is 0 Å². The molecule has 3 nitrogen and oxygen atoms in total. The van der Waals surface area contributed by atoms with Gasteiger partial charge in [0.1, 0.15) is 5.75 Å². The summed E-state index contributed by atoms with van der Waals surface area (Å²) in [5, 5.41) is 2.87. The summed E-state index contributed by atoms with van der Waals surface area (Å²) >= 11 is 3.56. The molecule has 0 heterocycles. The third kappa shape index (κ3) is 5.68. The molecular weight excluding hydrogens is 366 g/mol. The maximum Gasteiger partial charge on any atom is 0.224 e. The third-order valence-electron chi connectivity index (χ3n) is 3.66. The highest BCUT2D eigenvalue weighted by Crippen LogP contribution is 2.31. The van der Waals surface area contributed by atoms with Gasteiger partial charge in [-0.1, -0.05) is 45.0 Å². The number of amides is 1. The van der Waals surface area contributed by atoms with Gasteiger partial charge in [0.2, 0.25) is 5.91 Å². The Balaban J connectivity index is 1.77. The number of anilines is 1. The molecule has 0 unspecified atom stereocenters. The zero-order valence-corrected chi connectivity index (χ0v) is 16.0. The molecule has 0 spiro atoms. The van der Waals surface area contributed by atoms with Gasteiger partial charge in [-0.3, -0.25) is 4.79 Å². The van der Waals surface area contributed by atoms with E-state index in [0.717, 1.165) is 15.9 Å². The Hall–Kier alpha value is -1.81. The molecule has 2 aromatic carbocycles. The number of nitrogens with one attached hydrogen (secondary N) is 1. The molecule has 0 aliphatic carbocycles. The molecule has 0 radical (unpaired) electrons. The summed E-state index contributed by atoms with van der Waals surface area (Å²) in [7, 11) is 0. The minimum Gasteiger partial charge on any atom is -0.492 e. The van der Waals surface area contributed by atoms with Crippen LogP contribution in [0, 0.1) is 0 Å². The molecule has 24 heavy (non-hydrogen) atoms. The summed E-state index contributed by atoms with van der Waals surface area (Å²) in [6.07, 6.45) is 1.11. The molecule has 0 fully saturated rings. The number of hydrogen-bond donors (Lipinski definition) is 1. The van der Waals surface area contributed by atoms with Gasteiger partial charge >= 0.3 is 0 Å². The number of para-hydroxylation sites is 1. The number of carbonyl (C=O) groups excluding carboxylic acids is 1. The zero-order chi connectivity index (χ0) is 17.6. The summed E-state index contributed by atoms with van der Waals surface area (Å²) in [6.45, 7) is 7.05. The predicted octanol–water partition coefficient (Wildman–Crippen LogP) is 5.54. The van der Waals surface area contributed by atoms with E-state index in [0.29, 0.717) is 19.4 Å². The van der Waals surface area contributed by atoms with Crippen LogP contribution in [0.3, 0.4) is 0 Å². The number of ether oxygens (including phenoxy) is 1. The first kappa shape index (κ1) is 18.5. The molecule has 2 aromatic rings. The number of halogens is 1. The zero-order valence-electron chi connectivity index (χ0n) is 14.4. The Morgan fingerprint density at radius 2 is 1.83 bits per heavy atom. The highest BCUT2D eigenvalue weighted by atomic mass is 79.9. The van der Waals surface area contributed by atoms with E-state index < -0.39 is 0 Å². The molecule has 0 bridgehead atoms. The van der Waals surface area contributed by atoms with Gasteiger partial charge in [0.15, 0.2) is 0 Å². The predicted molar refractivity (Wildman–Crippen MR) is 103 cm³/mol. The van der Waals surface area contributed by atoms with Gasteiger partial charge in [-0.05, 0) is 57.6 Å². The molecule has 4 heteroatoms. The summed E-state index contributed by atoms with van der Waals surface area (Å²) in [5.74, 6) is 0.818. The van der Waals surface area contributed by atoms with Crippen molar-refractivity contribution < 1.29 is 9.53 Å². The van der Waals surface area contributed by atoms with Crippen molar-refractivity contribution in [3.63, 3.8) is 0 Å². The molecule has 0 aliphatic heterocycles. The van der Waals surface area contributed by atoms with E-state index in [1.807, 2.05) is 36.4 Å². The molecule has 0 atom stereocenters. The topological polar surface area (TPSA) is 38.3 Å². The van der Waals surface area contributed by atoms with Crippen molar-refractivity contribution in [2.45, 2.75) is 39.0 Å². The minimum atomic E-state index is 0.00643. The lowest BCUT2D eigenvalue weighted by Crippen LogP contribution is -2.13. The molecule has 0 saturated heterocycles. The van der Waals surface area contributed by atoms with Gasteiger partial charge in [0, 0.05) is 12.1 Å². The fraction of sp³-hybridized carbons (Fsp3) is 0.350. The van der Waals surface area contributed by atoms with E-state index in [-0.39, 0.29) is 11.3 Å². The average Bonchev–Trinajstić information content (AvgIpc) is 2.52. The van der Waals surface area contributed by atoms with E-state index in [1.54, 1.807) is 0 Å². The van der Waals surface area contributed by atoms with Crippen LogP contribution in [0.4, 0.5) is 5.69 Å². The molecule has 0 saturated carbocycles. The van der Waals surface area contributed by atoms with Crippen LogP contribution >= 0.6 is 15.9 Å². The Morgan fingerprint density at radius 1 is 1.12 bits per heavy atom. The quantitative estimate of drug-likeness (QED) is 0.658. The summed E-state index contributed by atoms with van der Waals surface area (Å²) in [6, 6.07) is 15.6. The van der Waals surface area contributed by atoms with Crippen LogP contribution in [-0.2, 0) is 10.2 Å². The van der Waals surface area contributed by atoms with Gasteiger partial charge < -0.3 is 10.1 Å². The van der Waals surface area contributed by atoms with Gasteiger partial charge in [-0.2, -0.15) is 0 Å². The number of hydrogen-bond acceptors (Lipinski definition) is 2. The number of rotatable bonds is 6. The molecular formula is C20H24BrNO2. The van der Waals surface area contributed by atoms with Gasteiger partial charge in [-0.25, -0.2) is 0 Å². The van der Waals surface area contributed by atoms with Crippen LogP contribution in [0.5, 0.6) is 5.75 Å². The SMILES string of the molecule is CC(C)(C)c1ccc(OCCCC(=O)Nc2ccccc2)c(Br)c1. The second-order valence-corrected chi connectivity index (χ2v) is 7.62. The van der Waals surface area contributed by atoms with E-state index in [9.17, 15) is 4.79 Å². The summed E-state index contributed by atoms with van der Waals surface area (Å²) in [4.78, 5) is 11.9. The van der Waals surface area contributed by atoms with Gasteiger partial charge in [0.05, 0.1) is 11.1 Å². The van der Waals surface area contributed by atoms with Crippen molar-refractivity contribution in [2.24, 2.45) is 0 Å². The lowest BCUT2D eigenvalue weighted by Gasteiger charge is -2.20. The molecule has 0 aromatic heterocycles. The first-order valence-corrected chi connectivity index (χ1v) is 8.93. The molecule has 2 rings (SSSR count). The van der Waals surface area contributed by atoms with E-state index in [2.05, 4.69) is 54.2 Å². The van der Waals surface area contributed by atoms with Crippen molar-refractivity contribution in [1.82, 2.24) is 0 Å². The van der Waals surface area contributed by atoms with Crippen LogP contribution in [0.2, 0.25) is 0 Å². The monoisotopic (exact) mass is 389 g/mol. The fourth-order valence-corrected chi connectivity index (χ4v) is 2.74. The molecule has 128 valence electrons. The van der Waals surface area contributed by atoms with Gasteiger partial charge in [-0.15, -0.1) is 0 Å². The van der Waals surface area contributed by atoms with Crippen LogP contribution in [0.1, 0.15) is 39.2 Å². The van der Waals surface area contributed by atoms with Crippen molar-refractivity contribution in [3.05, 3.63) is 58.6 Å². The average molecular weight is 390 g/mol. The largest absolute Gasteiger partial charge is 0.492 e. The summed E-state index contributed by atoms with van der Waals surface area (Å²) < 4.78 is 6.73. The lowest BCUT2D eigenvalue weighted by atomic mass is 9.87. The van der Waals surface area contributed by atoms with Crippen LogP contribution < -0.4 is 10.1 Å². The lowest BCUT2D eigenvalue weighted by molar-refractivity contribution is -0.116. The molecule has 1 N–H and O–H groups in total. The number of carbonyl (C=O) groups is 1. The smallest absolute Gasteiger partial charge is 0.224 e. The highest BCUT2D eigenvalue weighted by Gasteiger charge is 2.15. The second kappa shape index (κ2) is 8.34. The summed E-state index contributed by atoms with van der Waals surface area (Å²) in [5.41, 5.74) is 2.18. The van der Waals surface area contributed by atoms with E-state index in [1.165, 1.54) is 5.56 Å². The Labute approximate surface area is 152 Å². The Kier molecular flexibility index (Phi) is 6.44. The maximum atomic E-state index is 11.9. The van der Waals surface area contributed by atoms with Crippen molar-refractivity contribution in [2.75, 3.05) is 11.9 Å². The Morgan fingerprint density at radius 3 is 2.46 bits per heavy atom. The minimum absolute atomic E-state index is 0.00643. The molecule has 0 aliphatic rings. The maximum absolute atomic E-state index is 11.9. The molecule has 1 amide bonds. The third-order valence-corrected chi connectivity index (χ3v) is 4.28. The first-order chi connectivity index (χ1) is 11.4. The van der Waals surface area contributed by atoms with E-state index >= 15 is 0 Å². The van der Waals surface area contributed by atoms with E-state index in [4.69, 9.17) is 4.74 Å². The van der Waals surface area contributed by atoms with Crippen molar-refractivity contribution >= 4 is 27.5 Å². The van der Waals surface area contributed by atoms with Crippen LogP contribution in [-0.4, -0.2) is 12.5 Å². The van der Waals surface area contributed by atoms with Gasteiger partial charge in [0.25, 0.3) is 0 Å². The number of benzene rings is 2. The Bertz CT molecular complexity index is 678. The fourth-order valence-electron chi connectivity index (χ4n) is 2.24. The first-order valence-electron chi connectivity index (χ1n) is 8.14. The van der Waals surface area contributed by atoms with Crippen LogP contribution in [0.25, 0.3) is 0 Å².